The van der Waals surface area contributed by atoms with Gasteiger partial charge in [0.05, 0.1) is 12.0 Å². The molecular formula is C17H13NO3S. The van der Waals surface area contributed by atoms with E-state index in [1.54, 1.807) is 31.1 Å². The van der Waals surface area contributed by atoms with Crippen molar-refractivity contribution in [2.45, 2.75) is 9.79 Å². The summed E-state index contributed by atoms with van der Waals surface area (Å²) in [5.74, 6) is -0.329. The standard InChI is InChI=1S/C17H13NO3S/c1-21-15-8-7-11-10-18-14(17(19)20)9-13(11)16(15)22-12-5-3-2-4-6-12/h2-10H,1H3,(H,19,20). The fraction of sp³-hybridized carbons (Fsp3) is 0.0588. The number of rotatable bonds is 4. The summed E-state index contributed by atoms with van der Waals surface area (Å²) in [7, 11) is 1.61. The van der Waals surface area contributed by atoms with Gasteiger partial charge in [0.1, 0.15) is 11.4 Å². The number of aromatic nitrogens is 1. The Labute approximate surface area is 131 Å². The van der Waals surface area contributed by atoms with Crippen molar-refractivity contribution in [3.05, 3.63) is 60.4 Å². The van der Waals surface area contributed by atoms with Crippen molar-refractivity contribution in [1.29, 1.82) is 0 Å². The summed E-state index contributed by atoms with van der Waals surface area (Å²) in [6.07, 6.45) is 1.58. The first kappa shape index (κ1) is 14.4. The Morgan fingerprint density at radius 2 is 1.95 bits per heavy atom. The van der Waals surface area contributed by atoms with Crippen LogP contribution in [-0.2, 0) is 0 Å². The third kappa shape index (κ3) is 2.76. The summed E-state index contributed by atoms with van der Waals surface area (Å²) in [5.41, 5.74) is 0.0238. The molecule has 0 aliphatic heterocycles. The van der Waals surface area contributed by atoms with Gasteiger partial charge in [0.15, 0.2) is 0 Å². The van der Waals surface area contributed by atoms with Crippen molar-refractivity contribution in [3.8, 4) is 5.75 Å². The van der Waals surface area contributed by atoms with Crippen molar-refractivity contribution in [2.75, 3.05) is 7.11 Å². The minimum atomic E-state index is -1.04. The van der Waals surface area contributed by atoms with E-state index in [-0.39, 0.29) is 5.69 Å². The van der Waals surface area contributed by atoms with Crippen molar-refractivity contribution in [1.82, 2.24) is 4.98 Å². The average molecular weight is 311 g/mol. The van der Waals surface area contributed by atoms with Crippen LogP contribution in [-0.4, -0.2) is 23.2 Å². The van der Waals surface area contributed by atoms with E-state index in [2.05, 4.69) is 4.98 Å². The van der Waals surface area contributed by atoms with Gasteiger partial charge in [-0.1, -0.05) is 30.0 Å². The first-order chi connectivity index (χ1) is 10.7. The molecular weight excluding hydrogens is 298 g/mol. The Hall–Kier alpha value is -2.53. The number of aromatic carboxylic acids is 1. The molecule has 0 saturated carbocycles. The molecule has 4 nitrogen and oxygen atoms in total. The lowest BCUT2D eigenvalue weighted by Crippen LogP contribution is -2.00. The van der Waals surface area contributed by atoms with Crippen LogP contribution in [0.1, 0.15) is 10.5 Å². The molecule has 2 aromatic carbocycles. The van der Waals surface area contributed by atoms with E-state index in [4.69, 9.17) is 9.84 Å². The fourth-order valence-corrected chi connectivity index (χ4v) is 3.23. The zero-order chi connectivity index (χ0) is 15.5. The normalized spacial score (nSPS) is 10.6. The SMILES string of the molecule is COc1ccc2cnc(C(=O)O)cc2c1Sc1ccccc1. The zero-order valence-corrected chi connectivity index (χ0v) is 12.6. The molecule has 0 atom stereocenters. The van der Waals surface area contributed by atoms with Gasteiger partial charge in [0.2, 0.25) is 0 Å². The third-order valence-corrected chi connectivity index (χ3v) is 4.35. The maximum absolute atomic E-state index is 11.2. The third-order valence-electron chi connectivity index (χ3n) is 3.22. The number of fused-ring (bicyclic) bond motifs is 1. The molecule has 0 aliphatic carbocycles. The molecule has 5 heteroatoms. The number of carbonyl (C=O) groups is 1. The van der Waals surface area contributed by atoms with Gasteiger partial charge >= 0.3 is 5.97 Å². The van der Waals surface area contributed by atoms with Gasteiger partial charge in [-0.15, -0.1) is 0 Å². The Bertz CT molecular complexity index is 834. The lowest BCUT2D eigenvalue weighted by molar-refractivity contribution is 0.0690. The number of carboxylic acid groups (broad SMARTS) is 1. The summed E-state index contributed by atoms with van der Waals surface area (Å²) in [6, 6.07) is 15.2. The van der Waals surface area contributed by atoms with Crippen LogP contribution in [0.25, 0.3) is 10.8 Å². The van der Waals surface area contributed by atoms with Crippen molar-refractivity contribution < 1.29 is 14.6 Å². The van der Waals surface area contributed by atoms with Gasteiger partial charge in [-0.05, 0) is 30.3 Å². The lowest BCUT2D eigenvalue weighted by atomic mass is 10.1. The predicted molar refractivity (Wildman–Crippen MR) is 85.8 cm³/mol. The Morgan fingerprint density at radius 1 is 1.18 bits per heavy atom. The second-order valence-corrected chi connectivity index (χ2v) is 5.69. The first-order valence-electron chi connectivity index (χ1n) is 6.62. The molecule has 0 radical (unpaired) electrons. The molecule has 0 unspecified atom stereocenters. The van der Waals surface area contributed by atoms with Gasteiger partial charge in [0.25, 0.3) is 0 Å². The van der Waals surface area contributed by atoms with E-state index in [1.807, 2.05) is 42.5 Å². The molecule has 1 aromatic heterocycles. The molecule has 1 heterocycles. The van der Waals surface area contributed by atoms with E-state index >= 15 is 0 Å². The molecule has 0 amide bonds. The quantitative estimate of drug-likeness (QED) is 0.786. The van der Waals surface area contributed by atoms with Gasteiger partial charge in [-0.2, -0.15) is 0 Å². The van der Waals surface area contributed by atoms with E-state index in [0.29, 0.717) is 5.75 Å². The summed E-state index contributed by atoms with van der Waals surface area (Å²) < 4.78 is 5.44. The molecule has 1 N–H and O–H groups in total. The van der Waals surface area contributed by atoms with Crippen LogP contribution in [0.5, 0.6) is 5.75 Å². The van der Waals surface area contributed by atoms with Crippen molar-refractivity contribution in [3.63, 3.8) is 0 Å². The molecule has 3 aromatic rings. The highest BCUT2D eigenvalue weighted by atomic mass is 32.2. The fourth-order valence-electron chi connectivity index (χ4n) is 2.16. The highest BCUT2D eigenvalue weighted by Gasteiger charge is 2.13. The zero-order valence-electron chi connectivity index (χ0n) is 11.8. The van der Waals surface area contributed by atoms with Crippen LogP contribution in [0.4, 0.5) is 0 Å². The van der Waals surface area contributed by atoms with Crippen LogP contribution in [0.2, 0.25) is 0 Å². The molecule has 0 saturated heterocycles. The Kier molecular flexibility index (Phi) is 3.98. The minimum Gasteiger partial charge on any atom is -0.496 e. The number of pyridine rings is 1. The molecule has 0 aliphatic rings. The van der Waals surface area contributed by atoms with Crippen LogP contribution in [0, 0.1) is 0 Å². The van der Waals surface area contributed by atoms with Crippen LogP contribution in [0.15, 0.2) is 64.5 Å². The van der Waals surface area contributed by atoms with E-state index < -0.39 is 5.97 Å². The largest absolute Gasteiger partial charge is 0.496 e. The smallest absolute Gasteiger partial charge is 0.354 e. The molecule has 3 rings (SSSR count). The predicted octanol–water partition coefficient (Wildman–Crippen LogP) is 4.09. The molecule has 0 spiro atoms. The second kappa shape index (κ2) is 6.07. The second-order valence-electron chi connectivity index (χ2n) is 4.61. The number of hydrogen-bond acceptors (Lipinski definition) is 4. The summed E-state index contributed by atoms with van der Waals surface area (Å²) in [4.78, 5) is 17.1. The number of nitrogens with zero attached hydrogens (tertiary/aromatic N) is 1. The van der Waals surface area contributed by atoms with E-state index in [9.17, 15) is 4.79 Å². The van der Waals surface area contributed by atoms with E-state index in [0.717, 1.165) is 20.6 Å². The van der Waals surface area contributed by atoms with Gasteiger partial charge < -0.3 is 9.84 Å². The maximum Gasteiger partial charge on any atom is 0.354 e. The highest BCUT2D eigenvalue weighted by Crippen LogP contribution is 2.40. The Balaban J connectivity index is 2.19. The summed E-state index contributed by atoms with van der Waals surface area (Å²) in [6.45, 7) is 0. The molecule has 110 valence electrons. The van der Waals surface area contributed by atoms with Gasteiger partial charge in [-0.25, -0.2) is 9.78 Å². The van der Waals surface area contributed by atoms with Crippen molar-refractivity contribution in [2.24, 2.45) is 0 Å². The molecule has 0 bridgehead atoms. The number of hydrogen-bond donors (Lipinski definition) is 1. The Morgan fingerprint density at radius 3 is 2.64 bits per heavy atom. The number of benzene rings is 2. The first-order valence-corrected chi connectivity index (χ1v) is 7.43. The maximum atomic E-state index is 11.2. The number of methoxy groups -OCH3 is 1. The summed E-state index contributed by atoms with van der Waals surface area (Å²) in [5, 5.41) is 10.8. The number of carboxylic acids is 1. The monoisotopic (exact) mass is 311 g/mol. The molecule has 0 fully saturated rings. The van der Waals surface area contributed by atoms with E-state index in [1.165, 1.54) is 0 Å². The minimum absolute atomic E-state index is 0.0238. The molecule has 22 heavy (non-hydrogen) atoms. The summed E-state index contributed by atoms with van der Waals surface area (Å²) >= 11 is 1.54. The van der Waals surface area contributed by atoms with Gasteiger partial charge in [-0.3, -0.25) is 0 Å². The van der Waals surface area contributed by atoms with Crippen LogP contribution >= 0.6 is 11.8 Å². The van der Waals surface area contributed by atoms with Crippen LogP contribution < -0.4 is 4.74 Å². The van der Waals surface area contributed by atoms with Crippen molar-refractivity contribution >= 4 is 28.5 Å². The number of ether oxygens (including phenoxy) is 1. The van der Waals surface area contributed by atoms with Gasteiger partial charge in [0, 0.05) is 21.9 Å². The topological polar surface area (TPSA) is 59.4 Å². The lowest BCUT2D eigenvalue weighted by Gasteiger charge is -2.12. The highest BCUT2D eigenvalue weighted by molar-refractivity contribution is 7.99. The average Bonchev–Trinajstić information content (AvgIpc) is 2.55. The van der Waals surface area contributed by atoms with Crippen LogP contribution in [0.3, 0.4) is 0 Å².